The minimum Gasteiger partial charge on any atom is -0.466 e. The number of unbranched alkanes of at least 4 members (excludes halogenated alkanes) is 56. The predicted octanol–water partition coefficient (Wildman–Crippen LogP) is 20.6. The van der Waals surface area contributed by atoms with Gasteiger partial charge in [0, 0.05) is 12.8 Å². The van der Waals surface area contributed by atoms with Crippen LogP contribution in [0.1, 0.15) is 406 Å². The highest BCUT2D eigenvalue weighted by molar-refractivity contribution is 5.76. The summed E-state index contributed by atoms with van der Waals surface area (Å²) in [7, 11) is 0. The third-order valence-electron chi connectivity index (χ3n) is 18.9. The Labute approximate surface area is 544 Å². The predicted molar refractivity (Wildman–Crippen MR) is 371 cm³/mol. The average molecular weight is 1250 g/mol. The molecule has 522 valence electrons. The number of nitrogens with one attached hydrogen (secondary N) is 1. The number of carbonyl (C=O) groups is 2. The van der Waals surface area contributed by atoms with Crippen molar-refractivity contribution in [1.82, 2.24) is 5.32 Å². The summed E-state index contributed by atoms with van der Waals surface area (Å²) in [5.74, 6) is -0.156. The molecule has 1 heterocycles. The molecular weight excluding hydrogens is 1100 g/mol. The quantitative estimate of drug-likeness (QED) is 0.0195. The summed E-state index contributed by atoms with van der Waals surface area (Å²) in [6.07, 6.45) is 74.0. The smallest absolute Gasteiger partial charge is 0.305 e. The molecule has 0 aromatic heterocycles. The summed E-state index contributed by atoms with van der Waals surface area (Å²) >= 11 is 0. The molecule has 1 aliphatic rings. The highest BCUT2D eigenvalue weighted by Crippen LogP contribution is 2.24. The molecule has 0 aromatic rings. The van der Waals surface area contributed by atoms with Gasteiger partial charge in [-0.3, -0.25) is 9.59 Å². The van der Waals surface area contributed by atoms with Crippen molar-refractivity contribution in [2.45, 2.75) is 448 Å². The number of esters is 1. The van der Waals surface area contributed by atoms with Crippen LogP contribution < -0.4 is 5.32 Å². The van der Waals surface area contributed by atoms with Crippen molar-refractivity contribution in [2.24, 2.45) is 0 Å². The lowest BCUT2D eigenvalue weighted by atomic mass is 9.99. The molecule has 0 aliphatic carbocycles. The van der Waals surface area contributed by atoms with E-state index in [1.165, 1.54) is 327 Å². The largest absolute Gasteiger partial charge is 0.466 e. The molecule has 1 saturated heterocycles. The van der Waals surface area contributed by atoms with Gasteiger partial charge in [-0.2, -0.15) is 0 Å². The van der Waals surface area contributed by atoms with E-state index in [1.54, 1.807) is 6.08 Å². The second-order valence-electron chi connectivity index (χ2n) is 27.4. The first-order valence-corrected chi connectivity index (χ1v) is 39.0. The third kappa shape index (κ3) is 54.9. The Morgan fingerprint density at radius 3 is 1.06 bits per heavy atom. The molecule has 1 rings (SSSR count). The molecule has 11 heteroatoms. The lowest BCUT2D eigenvalue weighted by Crippen LogP contribution is -2.60. The fourth-order valence-corrected chi connectivity index (χ4v) is 12.8. The second kappa shape index (κ2) is 66.8. The number of amides is 1. The summed E-state index contributed by atoms with van der Waals surface area (Å²) in [5.41, 5.74) is 0. The lowest BCUT2D eigenvalue weighted by molar-refractivity contribution is -0.302. The van der Waals surface area contributed by atoms with E-state index in [9.17, 15) is 35.1 Å². The number of hydrogen-bond donors (Lipinski definition) is 6. The fourth-order valence-electron chi connectivity index (χ4n) is 12.8. The molecule has 0 spiro atoms. The molecule has 11 nitrogen and oxygen atoms in total. The minimum atomic E-state index is -1.57. The second-order valence-corrected chi connectivity index (χ2v) is 27.4. The van der Waals surface area contributed by atoms with E-state index in [0.717, 1.165) is 51.4 Å². The molecule has 0 radical (unpaired) electrons. The molecule has 7 unspecified atom stereocenters. The highest BCUT2D eigenvalue weighted by Gasteiger charge is 2.44. The van der Waals surface area contributed by atoms with Gasteiger partial charge in [0.15, 0.2) is 6.29 Å². The Balaban J connectivity index is 1.85. The summed E-state index contributed by atoms with van der Waals surface area (Å²) < 4.78 is 16.7. The number of aliphatic hydroxyl groups is 5. The van der Waals surface area contributed by atoms with Gasteiger partial charge >= 0.3 is 5.97 Å². The maximum absolute atomic E-state index is 13.0. The zero-order chi connectivity index (χ0) is 63.7. The van der Waals surface area contributed by atoms with Crippen molar-refractivity contribution in [3.05, 3.63) is 12.2 Å². The molecule has 1 amide bonds. The van der Waals surface area contributed by atoms with Crippen molar-refractivity contribution in [3.8, 4) is 0 Å². The molecule has 0 bridgehead atoms. The Hall–Kier alpha value is -1.60. The van der Waals surface area contributed by atoms with Gasteiger partial charge in [0.25, 0.3) is 0 Å². The highest BCUT2D eigenvalue weighted by atomic mass is 16.7. The van der Waals surface area contributed by atoms with Gasteiger partial charge in [-0.05, 0) is 32.1 Å². The number of carbonyl (C=O) groups excluding carboxylic acids is 2. The third-order valence-corrected chi connectivity index (χ3v) is 18.9. The number of aliphatic hydroxyl groups excluding tert-OH is 5. The topological polar surface area (TPSA) is 175 Å². The van der Waals surface area contributed by atoms with Crippen LogP contribution in [0.2, 0.25) is 0 Å². The van der Waals surface area contributed by atoms with Gasteiger partial charge in [-0.25, -0.2) is 0 Å². The van der Waals surface area contributed by atoms with Crippen molar-refractivity contribution >= 4 is 11.9 Å². The lowest BCUT2D eigenvalue weighted by Gasteiger charge is -2.40. The first-order valence-electron chi connectivity index (χ1n) is 39.0. The SMILES string of the molecule is CCCCCCCCCC/C=C/C(O)C(COC1OC(CO)C(O)C(O)C1O)NC(=O)CCCCCCCCCCCCCCCCCCCCCCCCCCCCCCCCCCCCCCCCCOC(=O)CCCCCCCCCCCCC. The van der Waals surface area contributed by atoms with E-state index in [4.69, 9.17) is 14.2 Å². The molecule has 1 fully saturated rings. The maximum atomic E-state index is 13.0. The number of hydrogen-bond acceptors (Lipinski definition) is 10. The van der Waals surface area contributed by atoms with E-state index < -0.39 is 49.5 Å². The van der Waals surface area contributed by atoms with E-state index >= 15 is 0 Å². The summed E-state index contributed by atoms with van der Waals surface area (Å²) in [6, 6.07) is -0.803. The van der Waals surface area contributed by atoms with Crippen LogP contribution in [0.3, 0.4) is 0 Å². The maximum Gasteiger partial charge on any atom is 0.305 e. The van der Waals surface area contributed by atoms with Gasteiger partial charge in [0.05, 0.1) is 32.0 Å². The molecule has 0 aromatic carbocycles. The van der Waals surface area contributed by atoms with Gasteiger partial charge in [-0.15, -0.1) is 0 Å². The molecule has 7 atom stereocenters. The first kappa shape index (κ1) is 84.4. The Bertz CT molecular complexity index is 1460. The first-order chi connectivity index (χ1) is 43.2. The van der Waals surface area contributed by atoms with Gasteiger partial charge in [0.2, 0.25) is 5.91 Å². The summed E-state index contributed by atoms with van der Waals surface area (Å²) in [6.45, 7) is 4.38. The van der Waals surface area contributed by atoms with Crippen LogP contribution in [0.25, 0.3) is 0 Å². The average Bonchev–Trinajstić information content (AvgIpc) is 3.12. The number of rotatable bonds is 70. The summed E-state index contributed by atoms with van der Waals surface area (Å²) in [4.78, 5) is 25.1. The van der Waals surface area contributed by atoms with Gasteiger partial charge < -0.3 is 45.1 Å². The van der Waals surface area contributed by atoms with Gasteiger partial charge in [0.1, 0.15) is 24.4 Å². The Morgan fingerprint density at radius 2 is 0.716 bits per heavy atom. The van der Waals surface area contributed by atoms with Gasteiger partial charge in [-0.1, -0.05) is 373 Å². The standard InChI is InChI=1S/C77H149NO10/c1-3-5-7-9-11-13-44-49-53-57-61-65-73(82)86-66-62-58-54-50-46-43-41-39-37-35-33-31-29-27-25-23-21-19-17-15-16-18-20-22-24-26-28-30-32-34-36-38-40-42-45-48-52-56-60-64-72(81)78-69(68-87-77-76(85)75(84)74(83)71(67-79)88-77)70(80)63-59-55-51-47-14-12-10-8-6-4-2/h59,63,69-71,74-77,79-80,83-85H,3-58,60-62,64-68H2,1-2H3,(H,78,81)/b63-59+. The monoisotopic (exact) mass is 1250 g/mol. The van der Waals surface area contributed by atoms with E-state index in [2.05, 4.69) is 19.2 Å². The zero-order valence-electron chi connectivity index (χ0n) is 58.2. The molecule has 6 N–H and O–H groups in total. The minimum absolute atomic E-state index is 0.0189. The van der Waals surface area contributed by atoms with Crippen molar-refractivity contribution in [2.75, 3.05) is 19.8 Å². The van der Waals surface area contributed by atoms with Crippen LogP contribution in [0.4, 0.5) is 0 Å². The van der Waals surface area contributed by atoms with Crippen molar-refractivity contribution < 1.29 is 49.3 Å². The van der Waals surface area contributed by atoms with E-state index in [1.807, 2.05) is 6.08 Å². The van der Waals surface area contributed by atoms with Crippen LogP contribution in [-0.4, -0.2) is 100 Å². The van der Waals surface area contributed by atoms with Crippen LogP contribution in [0.5, 0.6) is 0 Å². The van der Waals surface area contributed by atoms with Crippen LogP contribution in [0, 0.1) is 0 Å². The Morgan fingerprint density at radius 1 is 0.409 bits per heavy atom. The molecule has 88 heavy (non-hydrogen) atoms. The fraction of sp³-hybridized carbons (Fsp3) is 0.948. The van der Waals surface area contributed by atoms with E-state index in [-0.39, 0.29) is 18.5 Å². The number of allylic oxidation sites excluding steroid dienone is 1. The van der Waals surface area contributed by atoms with Crippen molar-refractivity contribution in [3.63, 3.8) is 0 Å². The number of ether oxygens (including phenoxy) is 3. The Kier molecular flexibility index (Phi) is 64.1. The zero-order valence-corrected chi connectivity index (χ0v) is 58.2. The van der Waals surface area contributed by atoms with E-state index in [0.29, 0.717) is 19.4 Å². The molecule has 1 aliphatic heterocycles. The van der Waals surface area contributed by atoms with Crippen molar-refractivity contribution in [1.29, 1.82) is 0 Å². The normalized spacial score (nSPS) is 17.7. The summed E-state index contributed by atoms with van der Waals surface area (Å²) in [5, 5.41) is 54.4. The van der Waals surface area contributed by atoms with Crippen LogP contribution >= 0.6 is 0 Å². The molecule has 0 saturated carbocycles. The van der Waals surface area contributed by atoms with Crippen LogP contribution in [-0.2, 0) is 23.8 Å². The molecular formula is C77H149NO10. The van der Waals surface area contributed by atoms with Crippen LogP contribution in [0.15, 0.2) is 12.2 Å².